The van der Waals surface area contributed by atoms with Crippen LogP contribution in [0.25, 0.3) is 11.1 Å². The Morgan fingerprint density at radius 2 is 1.88 bits per heavy atom. The second kappa shape index (κ2) is 4.25. The van der Waals surface area contributed by atoms with Crippen LogP contribution in [0.1, 0.15) is 10.4 Å². The number of benzene rings is 2. The summed E-state index contributed by atoms with van der Waals surface area (Å²) < 4.78 is 13.2. The van der Waals surface area contributed by atoms with Crippen molar-refractivity contribution < 1.29 is 19.4 Å². The first-order chi connectivity index (χ1) is 8.09. The van der Waals surface area contributed by atoms with E-state index in [1.165, 1.54) is 12.1 Å². The molecule has 0 spiro atoms. The Hall–Kier alpha value is -2.36. The van der Waals surface area contributed by atoms with Crippen molar-refractivity contribution in [1.29, 1.82) is 0 Å². The van der Waals surface area contributed by atoms with Gasteiger partial charge in [0.05, 0.1) is 5.56 Å². The van der Waals surface area contributed by atoms with Crippen molar-refractivity contribution in [3.05, 3.63) is 53.8 Å². The van der Waals surface area contributed by atoms with Crippen molar-refractivity contribution in [1.82, 2.24) is 0 Å². The predicted octanol–water partition coefficient (Wildman–Crippen LogP) is 2.26. The van der Waals surface area contributed by atoms with Gasteiger partial charge in [0.25, 0.3) is 0 Å². The maximum Gasteiger partial charge on any atom is 0.338 e. The number of para-hydroxylation sites is 1. The summed E-state index contributed by atoms with van der Waals surface area (Å²) in [6, 6.07) is 9.80. The third kappa shape index (κ3) is 2.10. The van der Waals surface area contributed by atoms with Crippen LogP contribution in [0.5, 0.6) is 5.75 Å². The number of aromatic carboxylic acids is 1. The van der Waals surface area contributed by atoms with Crippen LogP contribution in [0.15, 0.2) is 42.5 Å². The molecular weight excluding hydrogens is 223 g/mol. The molecule has 0 amide bonds. The minimum Gasteiger partial charge on any atom is -0.872 e. The molecule has 2 aromatic carbocycles. The summed E-state index contributed by atoms with van der Waals surface area (Å²) in [5, 5.41) is 20.3. The lowest BCUT2D eigenvalue weighted by Crippen LogP contribution is -2.01. The maximum atomic E-state index is 13.2. The Bertz CT molecular complexity index is 579. The van der Waals surface area contributed by atoms with Gasteiger partial charge < -0.3 is 10.2 Å². The molecule has 0 fully saturated rings. The van der Waals surface area contributed by atoms with Crippen LogP contribution >= 0.6 is 0 Å². The molecule has 4 heteroatoms. The minimum absolute atomic E-state index is 0.226. The van der Waals surface area contributed by atoms with Gasteiger partial charge in [0.15, 0.2) is 0 Å². The average Bonchev–Trinajstić information content (AvgIpc) is 2.30. The second-order valence-corrected chi connectivity index (χ2v) is 3.50. The van der Waals surface area contributed by atoms with Gasteiger partial charge in [0, 0.05) is 0 Å². The van der Waals surface area contributed by atoms with Gasteiger partial charge in [0.2, 0.25) is 0 Å². The molecule has 0 aliphatic heterocycles. The van der Waals surface area contributed by atoms with Crippen LogP contribution in [0.4, 0.5) is 4.39 Å². The number of carboxylic acids is 1. The highest BCUT2D eigenvalue weighted by molar-refractivity contribution is 5.90. The Balaban J connectivity index is 2.58. The van der Waals surface area contributed by atoms with Gasteiger partial charge in [-0.25, -0.2) is 9.18 Å². The molecule has 0 saturated heterocycles. The van der Waals surface area contributed by atoms with Crippen LogP contribution in [-0.4, -0.2) is 11.1 Å². The van der Waals surface area contributed by atoms with Gasteiger partial charge in [-0.05, 0) is 23.3 Å². The van der Waals surface area contributed by atoms with E-state index in [0.29, 0.717) is 11.1 Å². The van der Waals surface area contributed by atoms with Gasteiger partial charge in [-0.1, -0.05) is 30.3 Å². The highest BCUT2D eigenvalue weighted by Crippen LogP contribution is 2.28. The summed E-state index contributed by atoms with van der Waals surface area (Å²) >= 11 is 0. The van der Waals surface area contributed by atoms with Crippen molar-refractivity contribution >= 4 is 5.97 Å². The van der Waals surface area contributed by atoms with Gasteiger partial charge >= 0.3 is 5.97 Å². The number of hydrogen-bond acceptors (Lipinski definition) is 2. The van der Waals surface area contributed by atoms with Crippen molar-refractivity contribution in [3.8, 4) is 16.9 Å². The van der Waals surface area contributed by atoms with Crippen LogP contribution in [-0.2, 0) is 0 Å². The Morgan fingerprint density at radius 1 is 1.18 bits per heavy atom. The van der Waals surface area contributed by atoms with E-state index >= 15 is 0 Å². The fraction of sp³-hybridized carbons (Fsp3) is 0. The van der Waals surface area contributed by atoms with Crippen molar-refractivity contribution in [2.24, 2.45) is 0 Å². The van der Waals surface area contributed by atoms with Crippen LogP contribution in [0, 0.1) is 5.82 Å². The maximum absolute atomic E-state index is 13.2. The number of halogens is 1. The largest absolute Gasteiger partial charge is 0.872 e. The van der Waals surface area contributed by atoms with Crippen LogP contribution < -0.4 is 5.11 Å². The zero-order chi connectivity index (χ0) is 12.4. The fourth-order valence-electron chi connectivity index (χ4n) is 1.56. The SMILES string of the molecule is O=C(O)c1cc(-c2ccccc2[O-])ccc1F. The summed E-state index contributed by atoms with van der Waals surface area (Å²) in [4.78, 5) is 10.8. The molecule has 2 aromatic rings. The third-order valence-corrected chi connectivity index (χ3v) is 2.39. The molecule has 0 atom stereocenters. The normalized spacial score (nSPS) is 10.2. The molecule has 17 heavy (non-hydrogen) atoms. The lowest BCUT2D eigenvalue weighted by Gasteiger charge is -2.13. The molecule has 2 rings (SSSR count). The molecule has 86 valence electrons. The molecule has 0 aromatic heterocycles. The summed E-state index contributed by atoms with van der Waals surface area (Å²) in [6.45, 7) is 0. The van der Waals surface area contributed by atoms with Crippen molar-refractivity contribution in [2.75, 3.05) is 0 Å². The van der Waals surface area contributed by atoms with Gasteiger partial charge in [0.1, 0.15) is 5.82 Å². The van der Waals surface area contributed by atoms with E-state index in [-0.39, 0.29) is 5.75 Å². The molecule has 0 aliphatic carbocycles. The Labute approximate surface area is 96.8 Å². The first kappa shape index (κ1) is 11.1. The van der Waals surface area contributed by atoms with Gasteiger partial charge in [-0.3, -0.25) is 0 Å². The van der Waals surface area contributed by atoms with Gasteiger partial charge in [-0.15, -0.1) is 5.75 Å². The fourth-order valence-corrected chi connectivity index (χ4v) is 1.56. The van der Waals surface area contributed by atoms with E-state index < -0.39 is 17.3 Å². The molecule has 0 radical (unpaired) electrons. The predicted molar refractivity (Wildman–Crippen MR) is 58.2 cm³/mol. The lowest BCUT2D eigenvalue weighted by molar-refractivity contribution is -0.267. The standard InChI is InChI=1S/C13H9FO3/c14-11-6-5-8(7-10(11)13(16)17)9-3-1-2-4-12(9)15/h1-7,15H,(H,16,17)/p-1. The van der Waals surface area contributed by atoms with E-state index in [2.05, 4.69) is 0 Å². The van der Waals surface area contributed by atoms with Crippen molar-refractivity contribution in [3.63, 3.8) is 0 Å². The number of carbonyl (C=O) groups is 1. The molecule has 0 bridgehead atoms. The Morgan fingerprint density at radius 3 is 2.53 bits per heavy atom. The topological polar surface area (TPSA) is 60.4 Å². The van der Waals surface area contributed by atoms with Crippen molar-refractivity contribution in [2.45, 2.75) is 0 Å². The molecule has 0 aliphatic rings. The Kier molecular flexibility index (Phi) is 2.78. The highest BCUT2D eigenvalue weighted by atomic mass is 19.1. The summed E-state index contributed by atoms with van der Waals surface area (Å²) in [5.41, 5.74) is 0.315. The zero-order valence-electron chi connectivity index (χ0n) is 8.68. The zero-order valence-corrected chi connectivity index (χ0v) is 8.68. The summed E-state index contributed by atoms with van der Waals surface area (Å²) in [6.07, 6.45) is 0. The van der Waals surface area contributed by atoms with Crippen LogP contribution in [0.3, 0.4) is 0 Å². The quantitative estimate of drug-likeness (QED) is 0.862. The molecule has 0 unspecified atom stereocenters. The van der Waals surface area contributed by atoms with Crippen LogP contribution in [0.2, 0.25) is 0 Å². The average molecular weight is 231 g/mol. The highest BCUT2D eigenvalue weighted by Gasteiger charge is 2.11. The monoisotopic (exact) mass is 231 g/mol. The molecular formula is C13H8FO3-. The van der Waals surface area contributed by atoms with E-state index in [0.717, 1.165) is 12.1 Å². The van der Waals surface area contributed by atoms with E-state index in [1.54, 1.807) is 18.2 Å². The molecule has 0 saturated carbocycles. The molecule has 0 heterocycles. The third-order valence-electron chi connectivity index (χ3n) is 2.39. The van der Waals surface area contributed by atoms with E-state index in [1.807, 2.05) is 0 Å². The lowest BCUT2D eigenvalue weighted by atomic mass is 10.0. The first-order valence-corrected chi connectivity index (χ1v) is 4.89. The smallest absolute Gasteiger partial charge is 0.338 e. The first-order valence-electron chi connectivity index (χ1n) is 4.89. The number of rotatable bonds is 2. The summed E-state index contributed by atoms with van der Waals surface area (Å²) in [5.74, 6) is -2.40. The van der Waals surface area contributed by atoms with E-state index in [9.17, 15) is 14.3 Å². The minimum atomic E-state index is -1.35. The second-order valence-electron chi connectivity index (χ2n) is 3.50. The molecule has 3 nitrogen and oxygen atoms in total. The van der Waals surface area contributed by atoms with E-state index in [4.69, 9.17) is 5.11 Å². The summed E-state index contributed by atoms with van der Waals surface area (Å²) in [7, 11) is 0. The number of carboxylic acid groups (broad SMARTS) is 1. The number of hydrogen-bond donors (Lipinski definition) is 1. The van der Waals surface area contributed by atoms with Gasteiger partial charge in [-0.2, -0.15) is 0 Å². The molecule has 1 N–H and O–H groups in total.